The standard InChI is InChI=1S/C16H24O2/c17-15(9-3-1-4-10-15)13-7-8-14(13)16(18)11-5-2-6-12-16/h7-8,17-18H,1-6,9-12H2. The van der Waals surface area contributed by atoms with Crippen LogP contribution in [0.3, 0.4) is 0 Å². The van der Waals surface area contributed by atoms with Crippen LogP contribution in [-0.4, -0.2) is 21.4 Å². The number of hydrogen-bond acceptors (Lipinski definition) is 2. The van der Waals surface area contributed by atoms with E-state index in [1.807, 2.05) is 12.2 Å². The fourth-order valence-electron chi connectivity index (χ4n) is 3.87. The Morgan fingerprint density at radius 2 is 0.944 bits per heavy atom. The minimum absolute atomic E-state index is 0.643. The summed E-state index contributed by atoms with van der Waals surface area (Å²) in [4.78, 5) is 0. The number of aliphatic hydroxyl groups is 2. The molecule has 0 aromatic rings. The van der Waals surface area contributed by atoms with Gasteiger partial charge in [-0.3, -0.25) is 0 Å². The Morgan fingerprint density at radius 1 is 0.611 bits per heavy atom. The summed E-state index contributed by atoms with van der Waals surface area (Å²) in [6.07, 6.45) is 14.5. The van der Waals surface area contributed by atoms with Crippen LogP contribution in [0, 0.1) is 0 Å². The molecule has 0 unspecified atom stereocenters. The van der Waals surface area contributed by atoms with Crippen LogP contribution in [0.5, 0.6) is 0 Å². The van der Waals surface area contributed by atoms with E-state index in [0.29, 0.717) is 0 Å². The molecule has 100 valence electrons. The number of hydrogen-bond donors (Lipinski definition) is 2. The zero-order valence-corrected chi connectivity index (χ0v) is 11.1. The maximum atomic E-state index is 10.8. The third kappa shape index (κ3) is 1.96. The summed E-state index contributed by atoms with van der Waals surface area (Å²) in [7, 11) is 0. The monoisotopic (exact) mass is 248 g/mol. The molecule has 0 bridgehead atoms. The molecule has 2 saturated carbocycles. The maximum absolute atomic E-state index is 10.8. The molecule has 2 N–H and O–H groups in total. The van der Waals surface area contributed by atoms with E-state index in [2.05, 4.69) is 0 Å². The summed E-state index contributed by atoms with van der Waals surface area (Å²) in [5.74, 6) is 0. The number of rotatable bonds is 2. The van der Waals surface area contributed by atoms with Crippen molar-refractivity contribution in [3.63, 3.8) is 0 Å². The van der Waals surface area contributed by atoms with Gasteiger partial charge in [-0.05, 0) is 36.8 Å². The Kier molecular flexibility index (Phi) is 3.11. The summed E-state index contributed by atoms with van der Waals surface area (Å²) >= 11 is 0. The molecule has 3 rings (SSSR count). The summed E-state index contributed by atoms with van der Waals surface area (Å²) in [5.41, 5.74) is 0.809. The zero-order valence-electron chi connectivity index (χ0n) is 11.1. The van der Waals surface area contributed by atoms with Crippen molar-refractivity contribution in [1.29, 1.82) is 0 Å². The SMILES string of the molecule is OC1(C2=C(C3(O)CCCCC3)C=C2)CCCCC1. The van der Waals surface area contributed by atoms with Gasteiger partial charge in [-0.2, -0.15) is 0 Å². The van der Waals surface area contributed by atoms with Crippen LogP contribution in [0.25, 0.3) is 0 Å². The van der Waals surface area contributed by atoms with Gasteiger partial charge in [0.1, 0.15) is 0 Å². The van der Waals surface area contributed by atoms with Crippen molar-refractivity contribution in [2.24, 2.45) is 0 Å². The maximum Gasteiger partial charge on any atom is 0.0900 e. The predicted octanol–water partition coefficient (Wildman–Crippen LogP) is 3.24. The van der Waals surface area contributed by atoms with Crippen molar-refractivity contribution in [3.05, 3.63) is 23.3 Å². The third-order valence-corrected chi connectivity index (χ3v) is 5.07. The van der Waals surface area contributed by atoms with E-state index in [1.54, 1.807) is 0 Å². The van der Waals surface area contributed by atoms with Gasteiger partial charge in [-0.1, -0.05) is 50.7 Å². The fourth-order valence-corrected chi connectivity index (χ4v) is 3.87. The lowest BCUT2D eigenvalue weighted by Crippen LogP contribution is -2.42. The molecule has 2 heteroatoms. The molecule has 0 aromatic heterocycles. The van der Waals surface area contributed by atoms with Gasteiger partial charge < -0.3 is 10.2 Å². The van der Waals surface area contributed by atoms with Gasteiger partial charge in [0.2, 0.25) is 0 Å². The first-order chi connectivity index (χ1) is 8.64. The lowest BCUT2D eigenvalue weighted by Gasteiger charge is -2.43. The van der Waals surface area contributed by atoms with Gasteiger partial charge in [0.15, 0.2) is 0 Å². The van der Waals surface area contributed by atoms with Crippen molar-refractivity contribution in [3.8, 4) is 0 Å². The second-order valence-electron chi connectivity index (χ2n) is 6.35. The van der Waals surface area contributed by atoms with E-state index in [1.165, 1.54) is 12.8 Å². The van der Waals surface area contributed by atoms with E-state index in [4.69, 9.17) is 0 Å². The highest BCUT2D eigenvalue weighted by Crippen LogP contribution is 2.46. The topological polar surface area (TPSA) is 40.5 Å². The van der Waals surface area contributed by atoms with E-state index in [-0.39, 0.29) is 0 Å². The second kappa shape index (κ2) is 4.50. The molecule has 0 aliphatic heterocycles. The lowest BCUT2D eigenvalue weighted by molar-refractivity contribution is 0.0195. The molecule has 0 aromatic carbocycles. The minimum atomic E-state index is -0.643. The minimum Gasteiger partial charge on any atom is -0.385 e. The highest BCUT2D eigenvalue weighted by atomic mass is 16.3. The molecule has 2 fully saturated rings. The average Bonchev–Trinajstić information content (AvgIpc) is 2.28. The highest BCUT2D eigenvalue weighted by molar-refractivity contribution is 5.54. The van der Waals surface area contributed by atoms with Gasteiger partial charge in [0.25, 0.3) is 0 Å². The molecule has 2 nitrogen and oxygen atoms in total. The second-order valence-corrected chi connectivity index (χ2v) is 6.35. The van der Waals surface area contributed by atoms with E-state index >= 15 is 0 Å². The predicted molar refractivity (Wildman–Crippen MR) is 72.2 cm³/mol. The van der Waals surface area contributed by atoms with Crippen LogP contribution in [0.1, 0.15) is 64.2 Å². The fraction of sp³-hybridized carbons (Fsp3) is 0.750. The van der Waals surface area contributed by atoms with Crippen LogP contribution in [0.4, 0.5) is 0 Å². The third-order valence-electron chi connectivity index (χ3n) is 5.07. The van der Waals surface area contributed by atoms with E-state index in [0.717, 1.165) is 62.5 Å². The van der Waals surface area contributed by atoms with Crippen molar-refractivity contribution in [2.45, 2.75) is 75.4 Å². The summed E-state index contributed by atoms with van der Waals surface area (Å²) in [6, 6.07) is 0. The zero-order chi connectivity index (χ0) is 12.6. The van der Waals surface area contributed by atoms with Crippen molar-refractivity contribution in [2.75, 3.05) is 0 Å². The molecule has 3 aliphatic rings. The van der Waals surface area contributed by atoms with E-state index in [9.17, 15) is 10.2 Å². The van der Waals surface area contributed by atoms with Crippen LogP contribution in [-0.2, 0) is 0 Å². The molecular formula is C16H24O2. The molecule has 0 spiro atoms. The van der Waals surface area contributed by atoms with Gasteiger partial charge in [-0.25, -0.2) is 0 Å². The Balaban J connectivity index is 1.85. The van der Waals surface area contributed by atoms with Crippen molar-refractivity contribution >= 4 is 0 Å². The van der Waals surface area contributed by atoms with Crippen LogP contribution < -0.4 is 0 Å². The smallest absolute Gasteiger partial charge is 0.0900 e. The molecule has 0 atom stereocenters. The Hall–Kier alpha value is -0.600. The highest BCUT2D eigenvalue weighted by Gasteiger charge is 2.42. The first-order valence-electron chi connectivity index (χ1n) is 7.52. The molecule has 0 heterocycles. The Morgan fingerprint density at radius 3 is 1.22 bits per heavy atom. The molecule has 0 amide bonds. The first kappa shape index (κ1) is 12.4. The van der Waals surface area contributed by atoms with Crippen molar-refractivity contribution < 1.29 is 10.2 Å². The van der Waals surface area contributed by atoms with Gasteiger partial charge >= 0.3 is 0 Å². The first-order valence-corrected chi connectivity index (χ1v) is 7.52. The molecule has 0 saturated heterocycles. The van der Waals surface area contributed by atoms with Crippen LogP contribution in [0.2, 0.25) is 0 Å². The summed E-state index contributed by atoms with van der Waals surface area (Å²) in [6.45, 7) is 0. The quantitative estimate of drug-likeness (QED) is 0.787. The summed E-state index contributed by atoms with van der Waals surface area (Å²) in [5, 5.41) is 21.6. The van der Waals surface area contributed by atoms with Gasteiger partial charge in [0.05, 0.1) is 11.2 Å². The molecular weight excluding hydrogens is 224 g/mol. The van der Waals surface area contributed by atoms with E-state index < -0.39 is 11.2 Å². The average molecular weight is 248 g/mol. The van der Waals surface area contributed by atoms with Crippen LogP contribution in [0.15, 0.2) is 23.3 Å². The van der Waals surface area contributed by atoms with Gasteiger partial charge in [-0.15, -0.1) is 0 Å². The normalized spacial score (nSPS) is 30.1. The molecule has 18 heavy (non-hydrogen) atoms. The largest absolute Gasteiger partial charge is 0.385 e. The Bertz CT molecular complexity index is 344. The van der Waals surface area contributed by atoms with Crippen LogP contribution >= 0.6 is 0 Å². The Labute approximate surface area is 109 Å². The van der Waals surface area contributed by atoms with Crippen molar-refractivity contribution in [1.82, 2.24) is 0 Å². The molecule has 3 aliphatic carbocycles. The lowest BCUT2D eigenvalue weighted by atomic mass is 9.67. The van der Waals surface area contributed by atoms with Gasteiger partial charge in [0, 0.05) is 0 Å². The molecule has 0 radical (unpaired) electrons. The summed E-state index contributed by atoms with van der Waals surface area (Å²) < 4.78 is 0.